The standard InChI is InChI=1S/C54H35N7/c1-5-18-36(19-6-1)40-26-17-27-41(34-40)52-56-49(37-20-7-2-8-21-37)57-53(58-52)42-32-33-48(61-46-30-15-13-28-43(46)44-29-14-16-31-47(44)61)45(35-42)54-59-50(38-22-9-3-10-23-38)55-51(60-54)39-24-11-4-12-25-39/h1-35H. The van der Waals surface area contributed by atoms with Crippen LogP contribution in [0.5, 0.6) is 0 Å². The zero-order valence-electron chi connectivity index (χ0n) is 32.8. The Bertz CT molecular complexity index is 3240. The van der Waals surface area contributed by atoms with Crippen LogP contribution in [-0.2, 0) is 0 Å². The van der Waals surface area contributed by atoms with Crippen LogP contribution in [0, 0.1) is 0 Å². The van der Waals surface area contributed by atoms with Gasteiger partial charge < -0.3 is 4.57 Å². The molecule has 0 aliphatic rings. The highest BCUT2D eigenvalue weighted by atomic mass is 15.1. The van der Waals surface area contributed by atoms with E-state index in [0.717, 1.165) is 72.0 Å². The Morgan fingerprint density at radius 1 is 0.246 bits per heavy atom. The Kier molecular flexibility index (Phi) is 9.02. The number of benzene rings is 8. The van der Waals surface area contributed by atoms with Crippen LogP contribution in [0.2, 0.25) is 0 Å². The lowest BCUT2D eigenvalue weighted by atomic mass is 10.0. The van der Waals surface area contributed by atoms with Crippen molar-refractivity contribution in [3.8, 4) is 85.1 Å². The molecular formula is C54H35N7. The molecule has 8 aromatic carbocycles. The van der Waals surface area contributed by atoms with Gasteiger partial charge in [0.15, 0.2) is 34.9 Å². The second-order valence-electron chi connectivity index (χ2n) is 14.8. The second kappa shape index (κ2) is 15.4. The number of hydrogen-bond acceptors (Lipinski definition) is 6. The van der Waals surface area contributed by atoms with Crippen molar-refractivity contribution in [1.82, 2.24) is 34.5 Å². The average Bonchev–Trinajstić information content (AvgIpc) is 3.69. The van der Waals surface area contributed by atoms with E-state index >= 15 is 0 Å². The Labute approximate surface area is 352 Å². The lowest BCUT2D eigenvalue weighted by molar-refractivity contribution is 1.06. The quantitative estimate of drug-likeness (QED) is 0.153. The number of rotatable bonds is 8. The van der Waals surface area contributed by atoms with Crippen LogP contribution in [0.4, 0.5) is 0 Å². The third-order valence-corrected chi connectivity index (χ3v) is 10.9. The van der Waals surface area contributed by atoms with Gasteiger partial charge in [0.05, 0.1) is 16.7 Å². The Morgan fingerprint density at radius 2 is 0.607 bits per heavy atom. The van der Waals surface area contributed by atoms with Gasteiger partial charge in [0.2, 0.25) is 0 Å². The molecule has 0 atom stereocenters. The van der Waals surface area contributed by atoms with E-state index in [1.54, 1.807) is 0 Å². The van der Waals surface area contributed by atoms with Gasteiger partial charge in [-0.1, -0.05) is 176 Å². The highest BCUT2D eigenvalue weighted by Crippen LogP contribution is 2.38. The SMILES string of the molecule is c1ccc(-c2cccc(-c3nc(-c4ccccc4)nc(-c4ccc(-n5c6ccccc6c6ccccc65)c(-c5nc(-c6ccccc6)nc(-c6ccccc6)n5)c4)n3)c2)cc1. The second-order valence-corrected chi connectivity index (χ2v) is 14.8. The number of fused-ring (bicyclic) bond motifs is 3. The zero-order chi connectivity index (χ0) is 40.5. The van der Waals surface area contributed by atoms with Gasteiger partial charge >= 0.3 is 0 Å². The lowest BCUT2D eigenvalue weighted by Gasteiger charge is -2.16. The van der Waals surface area contributed by atoms with Crippen molar-refractivity contribution >= 4 is 21.8 Å². The molecule has 0 fully saturated rings. The summed E-state index contributed by atoms with van der Waals surface area (Å²) >= 11 is 0. The maximum atomic E-state index is 5.24. The molecule has 0 bridgehead atoms. The molecule has 0 amide bonds. The fourth-order valence-corrected chi connectivity index (χ4v) is 7.98. The maximum absolute atomic E-state index is 5.24. The summed E-state index contributed by atoms with van der Waals surface area (Å²) < 4.78 is 2.31. The van der Waals surface area contributed by atoms with Crippen LogP contribution in [-0.4, -0.2) is 34.5 Å². The molecule has 3 aromatic heterocycles. The van der Waals surface area contributed by atoms with Crippen molar-refractivity contribution < 1.29 is 0 Å². The minimum Gasteiger partial charge on any atom is -0.309 e. The molecule has 0 saturated heterocycles. The van der Waals surface area contributed by atoms with E-state index in [9.17, 15) is 0 Å². The molecule has 0 aliphatic heterocycles. The average molecular weight is 782 g/mol. The van der Waals surface area contributed by atoms with Crippen LogP contribution >= 0.6 is 0 Å². The number of nitrogens with zero attached hydrogens (tertiary/aromatic N) is 7. The van der Waals surface area contributed by atoms with Crippen molar-refractivity contribution in [2.75, 3.05) is 0 Å². The summed E-state index contributed by atoms with van der Waals surface area (Å²) in [5.41, 5.74) is 10.4. The first-order chi connectivity index (χ1) is 30.2. The van der Waals surface area contributed by atoms with Crippen LogP contribution in [0.15, 0.2) is 212 Å². The smallest absolute Gasteiger partial charge is 0.166 e. The summed E-state index contributed by atoms with van der Waals surface area (Å²) in [7, 11) is 0. The molecule has 0 aliphatic carbocycles. The van der Waals surface area contributed by atoms with Gasteiger partial charge in [-0.25, -0.2) is 29.9 Å². The minimum absolute atomic E-state index is 0.527. The fourth-order valence-electron chi connectivity index (χ4n) is 7.98. The fraction of sp³-hybridized carbons (Fsp3) is 0. The van der Waals surface area contributed by atoms with E-state index in [1.165, 1.54) is 0 Å². The Balaban J connectivity index is 1.18. The normalized spacial score (nSPS) is 11.3. The van der Waals surface area contributed by atoms with E-state index in [4.69, 9.17) is 29.9 Å². The minimum atomic E-state index is 0.527. The van der Waals surface area contributed by atoms with Crippen molar-refractivity contribution in [3.63, 3.8) is 0 Å². The summed E-state index contributed by atoms with van der Waals surface area (Å²) in [5, 5.41) is 2.32. The van der Waals surface area contributed by atoms with Crippen LogP contribution < -0.4 is 0 Å². The summed E-state index contributed by atoms with van der Waals surface area (Å²) in [6.45, 7) is 0. The lowest BCUT2D eigenvalue weighted by Crippen LogP contribution is -2.05. The monoisotopic (exact) mass is 781 g/mol. The van der Waals surface area contributed by atoms with Gasteiger partial charge in [-0.3, -0.25) is 0 Å². The predicted octanol–water partition coefficient (Wildman–Crippen LogP) is 12.8. The highest BCUT2D eigenvalue weighted by molar-refractivity contribution is 6.09. The van der Waals surface area contributed by atoms with E-state index in [1.807, 2.05) is 97.1 Å². The van der Waals surface area contributed by atoms with Crippen molar-refractivity contribution in [3.05, 3.63) is 212 Å². The highest BCUT2D eigenvalue weighted by Gasteiger charge is 2.22. The van der Waals surface area contributed by atoms with Gasteiger partial charge in [0, 0.05) is 44.2 Å². The van der Waals surface area contributed by atoms with Crippen LogP contribution in [0.3, 0.4) is 0 Å². The molecule has 0 spiro atoms. The number of aromatic nitrogens is 7. The van der Waals surface area contributed by atoms with Crippen LogP contribution in [0.1, 0.15) is 0 Å². The first kappa shape index (κ1) is 35.7. The summed E-state index contributed by atoms with van der Waals surface area (Å²) in [6.07, 6.45) is 0. The summed E-state index contributed by atoms with van der Waals surface area (Å²) in [4.78, 5) is 31.0. The number of hydrogen-bond donors (Lipinski definition) is 0. The first-order valence-electron chi connectivity index (χ1n) is 20.2. The Morgan fingerprint density at radius 3 is 1.10 bits per heavy atom. The molecule has 0 unspecified atom stereocenters. The molecule has 7 nitrogen and oxygen atoms in total. The molecule has 7 heteroatoms. The molecule has 3 heterocycles. The van der Waals surface area contributed by atoms with Crippen molar-refractivity contribution in [1.29, 1.82) is 0 Å². The predicted molar refractivity (Wildman–Crippen MR) is 246 cm³/mol. The van der Waals surface area contributed by atoms with E-state index in [2.05, 4.69) is 120 Å². The van der Waals surface area contributed by atoms with E-state index in [0.29, 0.717) is 34.9 Å². The molecule has 11 rings (SSSR count). The third kappa shape index (κ3) is 6.80. The van der Waals surface area contributed by atoms with Gasteiger partial charge in [-0.15, -0.1) is 0 Å². The van der Waals surface area contributed by atoms with Crippen molar-refractivity contribution in [2.45, 2.75) is 0 Å². The number of para-hydroxylation sites is 2. The molecule has 11 aromatic rings. The molecule has 0 radical (unpaired) electrons. The summed E-state index contributed by atoms with van der Waals surface area (Å²) in [5.74, 6) is 3.37. The molecule has 0 saturated carbocycles. The molecular weight excluding hydrogens is 747 g/mol. The largest absolute Gasteiger partial charge is 0.309 e. The zero-order valence-corrected chi connectivity index (χ0v) is 32.8. The third-order valence-electron chi connectivity index (χ3n) is 10.9. The molecule has 0 N–H and O–H groups in total. The van der Waals surface area contributed by atoms with Gasteiger partial charge in [-0.05, 0) is 47.5 Å². The summed E-state index contributed by atoms with van der Waals surface area (Å²) in [6, 6.07) is 72.3. The molecule has 286 valence electrons. The molecule has 61 heavy (non-hydrogen) atoms. The van der Waals surface area contributed by atoms with Gasteiger partial charge in [-0.2, -0.15) is 0 Å². The first-order valence-corrected chi connectivity index (χ1v) is 20.2. The Hall–Kier alpha value is -8.42. The van der Waals surface area contributed by atoms with Gasteiger partial charge in [0.1, 0.15) is 0 Å². The van der Waals surface area contributed by atoms with Crippen molar-refractivity contribution in [2.24, 2.45) is 0 Å². The van der Waals surface area contributed by atoms with Gasteiger partial charge in [0.25, 0.3) is 0 Å². The van der Waals surface area contributed by atoms with E-state index < -0.39 is 0 Å². The topological polar surface area (TPSA) is 82.3 Å². The maximum Gasteiger partial charge on any atom is 0.166 e. The van der Waals surface area contributed by atoms with E-state index in [-0.39, 0.29) is 0 Å². The van der Waals surface area contributed by atoms with Crippen LogP contribution in [0.25, 0.3) is 107 Å².